The highest BCUT2D eigenvalue weighted by atomic mass is 19.1. The average molecular weight is 343 g/mol. The van der Waals surface area contributed by atoms with E-state index in [1.165, 1.54) is 36.7 Å². The number of hydrogen-bond acceptors (Lipinski definition) is 2. The number of hydrogen-bond donors (Lipinski definition) is 1. The molecule has 2 aromatic carbocycles. The van der Waals surface area contributed by atoms with Gasteiger partial charge in [0.25, 0.3) is 0 Å². The highest BCUT2D eigenvalue weighted by molar-refractivity contribution is 5.94. The summed E-state index contributed by atoms with van der Waals surface area (Å²) in [5, 5.41) is 2.68. The minimum absolute atomic E-state index is 0.106. The molecule has 3 aromatic rings. The maximum Gasteiger partial charge on any atom is 0.226 e. The summed E-state index contributed by atoms with van der Waals surface area (Å²) in [5.74, 6) is -2.71. The summed E-state index contributed by atoms with van der Waals surface area (Å²) in [7, 11) is 0. The molecular formula is C18H12F3N3O. The Bertz CT molecular complexity index is 946. The first-order valence-electron chi connectivity index (χ1n) is 7.61. The van der Waals surface area contributed by atoms with Gasteiger partial charge in [0.1, 0.15) is 29.6 Å². The number of carbonyl (C=O) groups is 1. The van der Waals surface area contributed by atoms with Crippen LogP contribution in [0.25, 0.3) is 5.69 Å². The highest BCUT2D eigenvalue weighted by Gasteiger charge is 2.34. The van der Waals surface area contributed by atoms with E-state index < -0.39 is 23.4 Å². The van der Waals surface area contributed by atoms with Crippen molar-refractivity contribution in [2.75, 3.05) is 5.32 Å². The molecule has 126 valence electrons. The zero-order valence-electron chi connectivity index (χ0n) is 12.8. The van der Waals surface area contributed by atoms with Gasteiger partial charge in [-0.3, -0.25) is 9.36 Å². The lowest BCUT2D eigenvalue weighted by Gasteiger charge is -2.24. The zero-order chi connectivity index (χ0) is 17.6. The summed E-state index contributed by atoms with van der Waals surface area (Å²) in [6, 6.07) is 9.19. The molecule has 1 amide bonds. The first kappa shape index (κ1) is 15.4. The Kier molecular flexibility index (Phi) is 3.56. The lowest BCUT2D eigenvalue weighted by atomic mass is 9.89. The number of benzene rings is 2. The fraction of sp³-hybridized carbons (Fsp3) is 0.111. The van der Waals surface area contributed by atoms with Gasteiger partial charge in [-0.25, -0.2) is 18.2 Å². The molecule has 4 rings (SSSR count). The van der Waals surface area contributed by atoms with Gasteiger partial charge in [-0.1, -0.05) is 6.07 Å². The third-order valence-corrected chi connectivity index (χ3v) is 4.23. The second kappa shape index (κ2) is 5.77. The van der Waals surface area contributed by atoms with Crippen molar-refractivity contribution >= 4 is 11.7 Å². The van der Waals surface area contributed by atoms with E-state index in [1.54, 1.807) is 4.57 Å². The molecule has 0 fully saturated rings. The van der Waals surface area contributed by atoms with Crippen molar-refractivity contribution in [2.24, 2.45) is 0 Å². The van der Waals surface area contributed by atoms with Crippen molar-refractivity contribution in [2.45, 2.75) is 12.3 Å². The monoisotopic (exact) mass is 343 g/mol. The molecule has 1 N–H and O–H groups in total. The van der Waals surface area contributed by atoms with Crippen LogP contribution in [0.5, 0.6) is 0 Å². The van der Waals surface area contributed by atoms with Gasteiger partial charge < -0.3 is 5.32 Å². The SMILES string of the molecule is O=C1C[C@@H](c2c(F)cccc2F)c2ncn(-c3ccc(F)cc3)c2N1. The minimum Gasteiger partial charge on any atom is -0.310 e. The van der Waals surface area contributed by atoms with Gasteiger partial charge in [0.2, 0.25) is 5.91 Å². The molecule has 2 heterocycles. The van der Waals surface area contributed by atoms with Gasteiger partial charge in [0.15, 0.2) is 0 Å². The van der Waals surface area contributed by atoms with Crippen LogP contribution in [-0.2, 0) is 4.79 Å². The molecule has 1 aromatic heterocycles. The van der Waals surface area contributed by atoms with Gasteiger partial charge in [0.05, 0.1) is 5.69 Å². The van der Waals surface area contributed by atoms with E-state index in [4.69, 9.17) is 0 Å². The van der Waals surface area contributed by atoms with E-state index in [0.29, 0.717) is 17.2 Å². The molecule has 0 saturated carbocycles. The molecule has 0 radical (unpaired) electrons. The summed E-state index contributed by atoms with van der Waals surface area (Å²) >= 11 is 0. The Morgan fingerprint density at radius 3 is 2.40 bits per heavy atom. The van der Waals surface area contributed by atoms with E-state index in [9.17, 15) is 18.0 Å². The average Bonchev–Trinajstić information content (AvgIpc) is 2.99. The largest absolute Gasteiger partial charge is 0.310 e. The molecule has 0 spiro atoms. The van der Waals surface area contributed by atoms with E-state index in [2.05, 4.69) is 10.3 Å². The number of halogens is 3. The van der Waals surface area contributed by atoms with Crippen LogP contribution < -0.4 is 5.32 Å². The Labute approximate surface area is 140 Å². The first-order chi connectivity index (χ1) is 12.0. The minimum atomic E-state index is -0.827. The van der Waals surface area contributed by atoms with E-state index in [1.807, 2.05) is 0 Å². The Morgan fingerprint density at radius 2 is 1.72 bits per heavy atom. The zero-order valence-corrected chi connectivity index (χ0v) is 12.8. The van der Waals surface area contributed by atoms with Crippen LogP contribution in [0.3, 0.4) is 0 Å². The van der Waals surface area contributed by atoms with Crippen LogP contribution in [0.2, 0.25) is 0 Å². The quantitative estimate of drug-likeness (QED) is 0.770. The third-order valence-electron chi connectivity index (χ3n) is 4.23. The molecule has 0 saturated heterocycles. The number of amides is 1. The molecule has 4 nitrogen and oxygen atoms in total. The Balaban J connectivity index is 1.86. The van der Waals surface area contributed by atoms with Crippen molar-refractivity contribution in [3.8, 4) is 5.69 Å². The summed E-state index contributed by atoms with van der Waals surface area (Å²) in [6.07, 6.45) is 1.33. The first-order valence-corrected chi connectivity index (χ1v) is 7.61. The standard InChI is InChI=1S/C18H12F3N3O/c19-10-4-6-11(7-5-10)24-9-22-17-12(8-15(25)23-18(17)24)16-13(20)2-1-3-14(16)21/h1-7,9,12H,8H2,(H,23,25)/t12-/m0/s1. The number of nitrogens with zero attached hydrogens (tertiary/aromatic N) is 2. The van der Waals surface area contributed by atoms with Crippen LogP contribution in [0.1, 0.15) is 23.6 Å². The Morgan fingerprint density at radius 1 is 1.04 bits per heavy atom. The third kappa shape index (κ3) is 2.57. The molecule has 0 unspecified atom stereocenters. The molecule has 0 aliphatic carbocycles. The number of aromatic nitrogens is 2. The van der Waals surface area contributed by atoms with Gasteiger partial charge in [-0.15, -0.1) is 0 Å². The molecule has 7 heteroatoms. The van der Waals surface area contributed by atoms with E-state index >= 15 is 0 Å². The van der Waals surface area contributed by atoms with Crippen LogP contribution in [0, 0.1) is 17.5 Å². The molecule has 1 aliphatic rings. The van der Waals surface area contributed by atoms with E-state index in [0.717, 1.165) is 12.1 Å². The number of nitrogens with one attached hydrogen (secondary N) is 1. The van der Waals surface area contributed by atoms with Gasteiger partial charge in [-0.2, -0.15) is 0 Å². The fourth-order valence-corrected chi connectivity index (χ4v) is 3.09. The van der Waals surface area contributed by atoms with Gasteiger partial charge in [0, 0.05) is 23.6 Å². The van der Waals surface area contributed by atoms with Crippen molar-refractivity contribution in [3.63, 3.8) is 0 Å². The van der Waals surface area contributed by atoms with Crippen molar-refractivity contribution < 1.29 is 18.0 Å². The van der Waals surface area contributed by atoms with Crippen LogP contribution in [-0.4, -0.2) is 15.5 Å². The summed E-state index contributed by atoms with van der Waals surface area (Å²) in [6.45, 7) is 0. The number of imidazole rings is 1. The molecule has 25 heavy (non-hydrogen) atoms. The number of fused-ring (bicyclic) bond motifs is 1. The Hall–Kier alpha value is -3.09. The van der Waals surface area contributed by atoms with Crippen LogP contribution >= 0.6 is 0 Å². The summed E-state index contributed by atoms with van der Waals surface area (Å²) < 4.78 is 43.0. The molecular weight excluding hydrogens is 331 g/mol. The highest BCUT2D eigenvalue weighted by Crippen LogP contribution is 2.39. The van der Waals surface area contributed by atoms with Crippen LogP contribution in [0.4, 0.5) is 19.0 Å². The molecule has 0 bridgehead atoms. The second-order valence-corrected chi connectivity index (χ2v) is 5.77. The second-order valence-electron chi connectivity index (χ2n) is 5.77. The normalized spacial score (nSPS) is 16.4. The van der Waals surface area contributed by atoms with Gasteiger partial charge in [-0.05, 0) is 36.4 Å². The fourth-order valence-electron chi connectivity index (χ4n) is 3.09. The van der Waals surface area contributed by atoms with Gasteiger partial charge >= 0.3 is 0 Å². The summed E-state index contributed by atoms with van der Waals surface area (Å²) in [4.78, 5) is 16.4. The molecule has 1 aliphatic heterocycles. The predicted molar refractivity (Wildman–Crippen MR) is 85.0 cm³/mol. The van der Waals surface area contributed by atoms with E-state index in [-0.39, 0.29) is 17.9 Å². The number of anilines is 1. The molecule has 1 atom stereocenters. The smallest absolute Gasteiger partial charge is 0.226 e. The van der Waals surface area contributed by atoms with Crippen molar-refractivity contribution in [1.29, 1.82) is 0 Å². The summed E-state index contributed by atoms with van der Waals surface area (Å²) in [5.41, 5.74) is 0.765. The lowest BCUT2D eigenvalue weighted by molar-refractivity contribution is -0.116. The van der Waals surface area contributed by atoms with Crippen molar-refractivity contribution in [3.05, 3.63) is 77.5 Å². The number of rotatable bonds is 2. The predicted octanol–water partition coefficient (Wildman–Crippen LogP) is 3.76. The number of carbonyl (C=O) groups excluding carboxylic acids is 1. The maximum atomic E-state index is 14.2. The topological polar surface area (TPSA) is 46.9 Å². The lowest BCUT2D eigenvalue weighted by Crippen LogP contribution is -2.26. The maximum absolute atomic E-state index is 14.2. The van der Waals surface area contributed by atoms with Crippen LogP contribution in [0.15, 0.2) is 48.8 Å². The van der Waals surface area contributed by atoms with Crippen molar-refractivity contribution in [1.82, 2.24) is 9.55 Å².